The fraction of sp³-hybridized carbons (Fsp3) is 0.565. The highest BCUT2D eigenvalue weighted by Gasteiger charge is 2.54. The maximum absolute atomic E-state index is 12.9. The van der Waals surface area contributed by atoms with Gasteiger partial charge in [0.05, 0.1) is 6.61 Å². The van der Waals surface area contributed by atoms with Gasteiger partial charge in [-0.1, -0.05) is 18.2 Å². The molecule has 4 nitrogen and oxygen atoms in total. The second kappa shape index (κ2) is 6.81. The molecule has 6 rings (SSSR count). The molecule has 4 saturated carbocycles. The van der Waals surface area contributed by atoms with Crippen molar-refractivity contribution < 1.29 is 9.53 Å². The molecule has 1 aromatic carbocycles. The Bertz CT molecular complexity index is 807. The highest BCUT2D eigenvalue weighted by Crippen LogP contribution is 2.60. The number of nitrogens with zero attached hydrogens (tertiary/aromatic N) is 1. The lowest BCUT2D eigenvalue weighted by atomic mass is 9.49. The Morgan fingerprint density at radius 1 is 1.07 bits per heavy atom. The predicted molar refractivity (Wildman–Crippen MR) is 105 cm³/mol. The SMILES string of the molecule is O=C(NCCCOc1cccc2cccnc12)C12CC3CC(CC(C3)C1)C2. The summed E-state index contributed by atoms with van der Waals surface area (Å²) >= 11 is 0. The number of para-hydroxylation sites is 1. The quantitative estimate of drug-likeness (QED) is 0.776. The summed E-state index contributed by atoms with van der Waals surface area (Å²) in [6.45, 7) is 1.29. The number of hydrogen-bond acceptors (Lipinski definition) is 3. The van der Waals surface area contributed by atoms with Crippen LogP contribution in [0.4, 0.5) is 0 Å². The molecule has 4 bridgehead atoms. The number of carbonyl (C=O) groups excluding carboxylic acids is 1. The van der Waals surface area contributed by atoms with Crippen LogP contribution in [0.25, 0.3) is 10.9 Å². The monoisotopic (exact) mass is 364 g/mol. The third-order valence-corrected chi connectivity index (χ3v) is 6.98. The lowest BCUT2D eigenvalue weighted by Gasteiger charge is -2.55. The van der Waals surface area contributed by atoms with Crippen LogP contribution in [0.2, 0.25) is 0 Å². The van der Waals surface area contributed by atoms with Gasteiger partial charge in [0.25, 0.3) is 0 Å². The van der Waals surface area contributed by atoms with Gasteiger partial charge in [0, 0.05) is 23.5 Å². The third kappa shape index (κ3) is 3.19. The summed E-state index contributed by atoms with van der Waals surface area (Å²) in [4.78, 5) is 17.4. The van der Waals surface area contributed by atoms with E-state index in [1.165, 1.54) is 19.3 Å². The molecule has 0 unspecified atom stereocenters. The second-order valence-corrected chi connectivity index (χ2v) is 8.99. The third-order valence-electron chi connectivity index (χ3n) is 6.98. The van der Waals surface area contributed by atoms with E-state index in [9.17, 15) is 4.79 Å². The summed E-state index contributed by atoms with van der Waals surface area (Å²) in [7, 11) is 0. The highest BCUT2D eigenvalue weighted by molar-refractivity contribution is 5.84. The van der Waals surface area contributed by atoms with Crippen LogP contribution in [0, 0.1) is 23.2 Å². The summed E-state index contributed by atoms with van der Waals surface area (Å²) in [6.07, 6.45) is 10.1. The number of ether oxygens (including phenoxy) is 1. The molecule has 0 saturated heterocycles. The number of aromatic nitrogens is 1. The first-order valence-corrected chi connectivity index (χ1v) is 10.5. The minimum absolute atomic E-state index is 0.0465. The number of benzene rings is 1. The van der Waals surface area contributed by atoms with Crippen molar-refractivity contribution in [2.75, 3.05) is 13.2 Å². The van der Waals surface area contributed by atoms with Crippen molar-refractivity contribution in [1.29, 1.82) is 0 Å². The zero-order valence-corrected chi connectivity index (χ0v) is 15.8. The molecule has 4 fully saturated rings. The molecule has 0 atom stereocenters. The molecule has 1 heterocycles. The van der Waals surface area contributed by atoms with Crippen molar-refractivity contribution in [2.45, 2.75) is 44.9 Å². The van der Waals surface area contributed by atoms with E-state index < -0.39 is 0 Å². The summed E-state index contributed by atoms with van der Waals surface area (Å²) in [5, 5.41) is 4.32. The largest absolute Gasteiger partial charge is 0.491 e. The van der Waals surface area contributed by atoms with Gasteiger partial charge < -0.3 is 10.1 Å². The molecule has 4 aliphatic rings. The van der Waals surface area contributed by atoms with E-state index in [0.29, 0.717) is 19.1 Å². The molecule has 0 spiro atoms. The molecule has 1 aromatic heterocycles. The van der Waals surface area contributed by atoms with Gasteiger partial charge in [-0.2, -0.15) is 0 Å². The Labute approximate surface area is 160 Å². The first-order chi connectivity index (χ1) is 13.2. The maximum Gasteiger partial charge on any atom is 0.226 e. The van der Waals surface area contributed by atoms with Crippen LogP contribution in [0.15, 0.2) is 36.5 Å². The minimum atomic E-state index is -0.0465. The zero-order chi connectivity index (χ0) is 18.3. The average molecular weight is 364 g/mol. The van der Waals surface area contributed by atoms with Crippen LogP contribution in [0.1, 0.15) is 44.9 Å². The van der Waals surface area contributed by atoms with E-state index in [-0.39, 0.29) is 5.41 Å². The van der Waals surface area contributed by atoms with Crippen LogP contribution in [0.5, 0.6) is 5.75 Å². The lowest BCUT2D eigenvalue weighted by molar-refractivity contribution is -0.146. The van der Waals surface area contributed by atoms with Crippen LogP contribution in [-0.4, -0.2) is 24.0 Å². The van der Waals surface area contributed by atoms with Gasteiger partial charge >= 0.3 is 0 Å². The number of carbonyl (C=O) groups is 1. The predicted octanol–water partition coefficient (Wildman–Crippen LogP) is 4.34. The Balaban J connectivity index is 1.13. The van der Waals surface area contributed by atoms with E-state index in [4.69, 9.17) is 4.74 Å². The highest BCUT2D eigenvalue weighted by atomic mass is 16.5. The standard InChI is InChI=1S/C23H28N2O2/c26-22(23-13-16-10-17(14-23)12-18(11-16)15-23)25-8-3-9-27-20-6-1-4-19-5-2-7-24-21(19)20/h1-2,4-7,16-18H,3,8-15H2,(H,25,26). The van der Waals surface area contributed by atoms with Crippen molar-refractivity contribution in [3.8, 4) is 5.75 Å². The number of fused-ring (bicyclic) bond motifs is 1. The summed E-state index contributed by atoms with van der Waals surface area (Å²) < 4.78 is 5.94. The molecule has 1 amide bonds. The van der Waals surface area contributed by atoms with E-state index in [1.54, 1.807) is 6.20 Å². The first kappa shape index (κ1) is 17.0. The molecule has 142 valence electrons. The van der Waals surface area contributed by atoms with Crippen molar-refractivity contribution in [3.05, 3.63) is 36.5 Å². The van der Waals surface area contributed by atoms with Crippen LogP contribution >= 0.6 is 0 Å². The van der Waals surface area contributed by atoms with Gasteiger partial charge in [0.2, 0.25) is 5.91 Å². The van der Waals surface area contributed by atoms with Gasteiger partial charge in [-0.25, -0.2) is 0 Å². The van der Waals surface area contributed by atoms with Crippen LogP contribution in [-0.2, 0) is 4.79 Å². The number of pyridine rings is 1. The second-order valence-electron chi connectivity index (χ2n) is 8.99. The Morgan fingerprint density at radius 3 is 2.52 bits per heavy atom. The normalized spacial score (nSPS) is 31.2. The van der Waals surface area contributed by atoms with Crippen LogP contribution in [0.3, 0.4) is 0 Å². The molecule has 4 aliphatic carbocycles. The number of nitrogens with one attached hydrogen (secondary N) is 1. The Hall–Kier alpha value is -2.10. The first-order valence-electron chi connectivity index (χ1n) is 10.5. The summed E-state index contributed by atoms with van der Waals surface area (Å²) in [5.74, 6) is 3.56. The molecule has 2 aromatic rings. The van der Waals surface area contributed by atoms with Gasteiger partial charge in [-0.15, -0.1) is 0 Å². The Kier molecular flexibility index (Phi) is 4.30. The molecule has 1 N–H and O–H groups in total. The van der Waals surface area contributed by atoms with E-state index >= 15 is 0 Å². The van der Waals surface area contributed by atoms with E-state index in [0.717, 1.165) is 60.1 Å². The van der Waals surface area contributed by atoms with Crippen molar-refractivity contribution in [1.82, 2.24) is 10.3 Å². The topological polar surface area (TPSA) is 51.2 Å². The van der Waals surface area contributed by atoms with Crippen molar-refractivity contribution >= 4 is 16.8 Å². The molecule has 4 heteroatoms. The number of rotatable bonds is 6. The summed E-state index contributed by atoms with van der Waals surface area (Å²) in [5.41, 5.74) is 0.854. The number of amides is 1. The van der Waals surface area contributed by atoms with Crippen molar-refractivity contribution in [3.63, 3.8) is 0 Å². The molecular formula is C23H28N2O2. The van der Waals surface area contributed by atoms with Crippen molar-refractivity contribution in [2.24, 2.45) is 23.2 Å². The molecule has 0 aliphatic heterocycles. The Morgan fingerprint density at radius 2 is 1.78 bits per heavy atom. The van der Waals surface area contributed by atoms with E-state index in [1.807, 2.05) is 30.3 Å². The van der Waals surface area contributed by atoms with Gasteiger partial charge in [-0.05, 0) is 74.8 Å². The molecule has 27 heavy (non-hydrogen) atoms. The lowest BCUT2D eigenvalue weighted by Crippen LogP contribution is -2.53. The smallest absolute Gasteiger partial charge is 0.226 e. The van der Waals surface area contributed by atoms with Gasteiger partial charge in [0.1, 0.15) is 11.3 Å². The molecule has 0 radical (unpaired) electrons. The van der Waals surface area contributed by atoms with Crippen LogP contribution < -0.4 is 10.1 Å². The average Bonchev–Trinajstić information content (AvgIpc) is 2.66. The zero-order valence-electron chi connectivity index (χ0n) is 15.8. The fourth-order valence-electron chi connectivity index (χ4n) is 6.23. The molecular weight excluding hydrogens is 336 g/mol. The number of hydrogen-bond donors (Lipinski definition) is 1. The van der Waals surface area contributed by atoms with Gasteiger partial charge in [0.15, 0.2) is 0 Å². The maximum atomic E-state index is 12.9. The summed E-state index contributed by atoms with van der Waals surface area (Å²) in [6, 6.07) is 9.98. The van der Waals surface area contributed by atoms with Gasteiger partial charge in [-0.3, -0.25) is 9.78 Å². The minimum Gasteiger partial charge on any atom is -0.491 e. The van der Waals surface area contributed by atoms with E-state index in [2.05, 4.69) is 10.3 Å². The fourth-order valence-corrected chi connectivity index (χ4v) is 6.23.